The zero-order chi connectivity index (χ0) is 17.4. The minimum Gasteiger partial charge on any atom is -0.490 e. The normalized spacial score (nSPS) is 14.4. The van der Waals surface area contributed by atoms with Crippen LogP contribution >= 0.6 is 24.0 Å². The van der Waals surface area contributed by atoms with Gasteiger partial charge in [-0.3, -0.25) is 4.99 Å². The summed E-state index contributed by atoms with van der Waals surface area (Å²) in [5.74, 6) is 1.47. The molecule has 2 rings (SSSR count). The zero-order valence-electron chi connectivity index (χ0n) is 13.5. The van der Waals surface area contributed by atoms with Crippen molar-refractivity contribution < 1.29 is 27.4 Å². The first kappa shape index (κ1) is 21.6. The van der Waals surface area contributed by atoms with Crippen molar-refractivity contribution in [2.24, 2.45) is 10.7 Å². The molecule has 0 aromatic heterocycles. The molecule has 0 fully saturated rings. The van der Waals surface area contributed by atoms with E-state index in [1.807, 2.05) is 0 Å². The van der Waals surface area contributed by atoms with Crippen molar-refractivity contribution in [3.63, 3.8) is 0 Å². The van der Waals surface area contributed by atoms with Crippen molar-refractivity contribution >= 4 is 35.6 Å². The van der Waals surface area contributed by atoms with Crippen LogP contribution in [-0.2, 0) is 4.74 Å². The number of benzene rings is 1. The van der Waals surface area contributed by atoms with Gasteiger partial charge >= 0.3 is 6.18 Å². The van der Waals surface area contributed by atoms with Gasteiger partial charge in [0.05, 0.1) is 13.2 Å². The standard InChI is InChI=1S/C15H20F3N3O3.HI/c16-15(17,18)10-22-6-1-5-20-14(19)21-11-3-4-12-13(9-11)24-8-2-7-23-12;/h3-4,9H,1-2,5-8,10H2,(H3,19,20,21);1H. The van der Waals surface area contributed by atoms with Crippen molar-refractivity contribution in [1.82, 2.24) is 0 Å². The van der Waals surface area contributed by atoms with Crippen LogP contribution in [0.3, 0.4) is 0 Å². The molecule has 1 aliphatic rings. The van der Waals surface area contributed by atoms with Crippen molar-refractivity contribution in [1.29, 1.82) is 0 Å². The van der Waals surface area contributed by atoms with E-state index in [2.05, 4.69) is 15.0 Å². The lowest BCUT2D eigenvalue weighted by Gasteiger charge is -2.11. The topological polar surface area (TPSA) is 78.1 Å². The number of aliphatic imine (C=N–C) groups is 1. The Morgan fingerprint density at radius 2 is 1.96 bits per heavy atom. The Labute approximate surface area is 160 Å². The molecule has 142 valence electrons. The molecule has 0 saturated heterocycles. The number of rotatable bonds is 6. The Balaban J connectivity index is 0.00000312. The van der Waals surface area contributed by atoms with Gasteiger partial charge in [0.25, 0.3) is 0 Å². The summed E-state index contributed by atoms with van der Waals surface area (Å²) in [7, 11) is 0. The van der Waals surface area contributed by atoms with Crippen LogP contribution in [-0.4, -0.2) is 45.1 Å². The maximum Gasteiger partial charge on any atom is 0.411 e. The third kappa shape index (κ3) is 8.47. The van der Waals surface area contributed by atoms with Gasteiger partial charge in [-0.25, -0.2) is 0 Å². The van der Waals surface area contributed by atoms with E-state index in [0.29, 0.717) is 36.8 Å². The molecule has 0 unspecified atom stereocenters. The van der Waals surface area contributed by atoms with Gasteiger partial charge in [0, 0.05) is 31.3 Å². The molecule has 0 aliphatic carbocycles. The molecule has 10 heteroatoms. The van der Waals surface area contributed by atoms with Gasteiger partial charge < -0.3 is 25.3 Å². The number of nitrogens with one attached hydrogen (secondary N) is 1. The fourth-order valence-corrected chi connectivity index (χ4v) is 1.98. The Morgan fingerprint density at radius 3 is 2.68 bits per heavy atom. The summed E-state index contributed by atoms with van der Waals surface area (Å²) in [5.41, 5.74) is 6.43. The Hall–Kier alpha value is -1.43. The summed E-state index contributed by atoms with van der Waals surface area (Å²) in [5, 5.41) is 2.90. The highest BCUT2D eigenvalue weighted by Gasteiger charge is 2.27. The molecule has 1 aromatic rings. The SMILES string of the molecule is I.NC(=NCCCOCC(F)(F)F)Nc1ccc2c(c1)OCCCO2. The smallest absolute Gasteiger partial charge is 0.411 e. The molecule has 3 N–H and O–H groups in total. The highest BCUT2D eigenvalue weighted by Crippen LogP contribution is 2.32. The number of fused-ring (bicyclic) bond motifs is 1. The molecule has 1 aliphatic heterocycles. The van der Waals surface area contributed by atoms with Crippen LogP contribution in [0.1, 0.15) is 12.8 Å². The number of hydrogen-bond acceptors (Lipinski definition) is 4. The number of nitrogens with zero attached hydrogens (tertiary/aromatic N) is 1. The summed E-state index contributed by atoms with van der Waals surface area (Å²) >= 11 is 0. The van der Waals surface area contributed by atoms with Gasteiger partial charge in [0.2, 0.25) is 0 Å². The van der Waals surface area contributed by atoms with Crippen LogP contribution in [0.15, 0.2) is 23.2 Å². The number of halogens is 4. The van der Waals surface area contributed by atoms with Gasteiger partial charge in [-0.1, -0.05) is 0 Å². The molecule has 25 heavy (non-hydrogen) atoms. The van der Waals surface area contributed by atoms with Crippen LogP contribution in [0.25, 0.3) is 0 Å². The number of anilines is 1. The zero-order valence-corrected chi connectivity index (χ0v) is 15.8. The first-order chi connectivity index (χ1) is 11.4. The Morgan fingerprint density at radius 1 is 1.24 bits per heavy atom. The summed E-state index contributed by atoms with van der Waals surface area (Å²) in [6.45, 7) is 0.181. The lowest BCUT2D eigenvalue weighted by molar-refractivity contribution is -0.173. The van der Waals surface area contributed by atoms with Gasteiger partial charge in [0.15, 0.2) is 17.5 Å². The maximum atomic E-state index is 11.9. The minimum absolute atomic E-state index is 0. The molecule has 0 spiro atoms. The quantitative estimate of drug-likeness (QED) is 0.286. The monoisotopic (exact) mass is 475 g/mol. The largest absolute Gasteiger partial charge is 0.490 e. The molecule has 1 heterocycles. The van der Waals surface area contributed by atoms with E-state index in [1.54, 1.807) is 18.2 Å². The molecule has 6 nitrogen and oxygen atoms in total. The van der Waals surface area contributed by atoms with Crippen LogP contribution in [0.2, 0.25) is 0 Å². The third-order valence-electron chi connectivity index (χ3n) is 3.01. The van der Waals surface area contributed by atoms with E-state index in [9.17, 15) is 13.2 Å². The molecule has 0 saturated carbocycles. The summed E-state index contributed by atoms with van der Waals surface area (Å²) in [6, 6.07) is 5.32. The molecule has 0 bridgehead atoms. The number of alkyl halides is 3. The average molecular weight is 475 g/mol. The van der Waals surface area contributed by atoms with Crippen LogP contribution in [0.5, 0.6) is 11.5 Å². The van der Waals surface area contributed by atoms with Crippen molar-refractivity contribution in [2.75, 3.05) is 38.3 Å². The fourth-order valence-electron chi connectivity index (χ4n) is 1.98. The van der Waals surface area contributed by atoms with Gasteiger partial charge in [-0.2, -0.15) is 13.2 Å². The molecular formula is C15H21F3IN3O3. The Bertz CT molecular complexity index is 571. The molecule has 0 amide bonds. The summed E-state index contributed by atoms with van der Waals surface area (Å²) < 4.78 is 51.2. The fraction of sp³-hybridized carbons (Fsp3) is 0.533. The highest BCUT2D eigenvalue weighted by atomic mass is 127. The number of nitrogens with two attached hydrogens (primary N) is 1. The second-order valence-corrected chi connectivity index (χ2v) is 5.13. The summed E-state index contributed by atoms with van der Waals surface area (Å²) in [4.78, 5) is 4.03. The number of hydrogen-bond donors (Lipinski definition) is 2. The van der Waals surface area contributed by atoms with E-state index in [0.717, 1.165) is 6.42 Å². The lowest BCUT2D eigenvalue weighted by Crippen LogP contribution is -2.23. The van der Waals surface area contributed by atoms with E-state index in [4.69, 9.17) is 15.2 Å². The van der Waals surface area contributed by atoms with Gasteiger partial charge in [0.1, 0.15) is 6.61 Å². The summed E-state index contributed by atoms with van der Waals surface area (Å²) in [6.07, 6.45) is -3.14. The molecule has 1 aromatic carbocycles. The van der Waals surface area contributed by atoms with E-state index in [1.165, 1.54) is 0 Å². The maximum absolute atomic E-state index is 11.9. The van der Waals surface area contributed by atoms with E-state index < -0.39 is 12.8 Å². The van der Waals surface area contributed by atoms with Crippen LogP contribution in [0, 0.1) is 0 Å². The highest BCUT2D eigenvalue weighted by molar-refractivity contribution is 14.0. The first-order valence-corrected chi connectivity index (χ1v) is 7.55. The number of guanidine groups is 1. The Kier molecular flexibility index (Phi) is 9.11. The number of ether oxygens (including phenoxy) is 3. The predicted octanol–water partition coefficient (Wildman–Crippen LogP) is 3.16. The predicted molar refractivity (Wildman–Crippen MR) is 99.1 cm³/mol. The minimum atomic E-state index is -4.30. The lowest BCUT2D eigenvalue weighted by atomic mass is 10.3. The molecule has 0 atom stereocenters. The van der Waals surface area contributed by atoms with Crippen LogP contribution in [0.4, 0.5) is 18.9 Å². The third-order valence-corrected chi connectivity index (χ3v) is 3.01. The van der Waals surface area contributed by atoms with Gasteiger partial charge in [-0.15, -0.1) is 24.0 Å². The van der Waals surface area contributed by atoms with Crippen LogP contribution < -0.4 is 20.5 Å². The van der Waals surface area contributed by atoms with Crippen molar-refractivity contribution in [3.05, 3.63) is 18.2 Å². The van der Waals surface area contributed by atoms with E-state index >= 15 is 0 Å². The molecule has 0 radical (unpaired) electrons. The first-order valence-electron chi connectivity index (χ1n) is 7.55. The van der Waals surface area contributed by atoms with Crippen molar-refractivity contribution in [3.8, 4) is 11.5 Å². The van der Waals surface area contributed by atoms with Crippen molar-refractivity contribution in [2.45, 2.75) is 19.0 Å². The van der Waals surface area contributed by atoms with Gasteiger partial charge in [-0.05, 0) is 18.6 Å². The molecular weight excluding hydrogens is 454 g/mol. The second kappa shape index (κ2) is 10.5. The van der Waals surface area contributed by atoms with E-state index in [-0.39, 0.29) is 43.1 Å². The average Bonchev–Trinajstić information content (AvgIpc) is 2.74. The second-order valence-electron chi connectivity index (χ2n) is 5.13.